The van der Waals surface area contributed by atoms with Gasteiger partial charge in [0.25, 0.3) is 0 Å². The van der Waals surface area contributed by atoms with Gasteiger partial charge >= 0.3 is 6.01 Å². The molecule has 0 aliphatic carbocycles. The Hall–Kier alpha value is -1.62. The standard InChI is InChI=1S/C12H15ClN4O/c1-3-17(8-10-4-6-14-7-5-10)12-16-15-11(18-12)9(2)13/h4-7,9H,3,8H2,1-2H3. The second-order valence-corrected chi connectivity index (χ2v) is 4.56. The molecule has 0 aliphatic heterocycles. The number of aromatic nitrogens is 3. The summed E-state index contributed by atoms with van der Waals surface area (Å²) >= 11 is 5.90. The van der Waals surface area contributed by atoms with Crippen LogP contribution >= 0.6 is 11.6 Å². The van der Waals surface area contributed by atoms with Gasteiger partial charge in [0.05, 0.1) is 0 Å². The molecule has 0 fully saturated rings. The number of anilines is 1. The summed E-state index contributed by atoms with van der Waals surface area (Å²) in [4.78, 5) is 5.98. The first-order valence-corrected chi connectivity index (χ1v) is 6.25. The fourth-order valence-electron chi connectivity index (χ4n) is 1.54. The van der Waals surface area contributed by atoms with Crippen molar-refractivity contribution < 1.29 is 4.42 Å². The van der Waals surface area contributed by atoms with E-state index in [1.807, 2.05) is 24.0 Å². The molecule has 1 unspecified atom stereocenters. The average molecular weight is 267 g/mol. The molecule has 0 bridgehead atoms. The summed E-state index contributed by atoms with van der Waals surface area (Å²) in [5, 5.41) is 7.67. The minimum atomic E-state index is -0.272. The van der Waals surface area contributed by atoms with Crippen LogP contribution in [0.4, 0.5) is 6.01 Å². The van der Waals surface area contributed by atoms with Crippen molar-refractivity contribution in [3.8, 4) is 0 Å². The van der Waals surface area contributed by atoms with Crippen molar-refractivity contribution in [2.24, 2.45) is 0 Å². The van der Waals surface area contributed by atoms with E-state index in [1.54, 1.807) is 19.3 Å². The van der Waals surface area contributed by atoms with Crippen LogP contribution in [0.5, 0.6) is 0 Å². The van der Waals surface area contributed by atoms with Crippen LogP contribution < -0.4 is 4.90 Å². The van der Waals surface area contributed by atoms with Crippen LogP contribution in [0.3, 0.4) is 0 Å². The smallest absolute Gasteiger partial charge is 0.318 e. The van der Waals surface area contributed by atoms with Gasteiger partial charge in [-0.3, -0.25) is 4.98 Å². The molecule has 0 saturated heterocycles. The van der Waals surface area contributed by atoms with E-state index in [0.717, 1.165) is 12.1 Å². The van der Waals surface area contributed by atoms with Crippen molar-refractivity contribution in [1.29, 1.82) is 0 Å². The third-order valence-corrected chi connectivity index (χ3v) is 2.73. The molecule has 0 spiro atoms. The van der Waals surface area contributed by atoms with Crippen LogP contribution in [0.15, 0.2) is 28.9 Å². The molecule has 0 aliphatic rings. The van der Waals surface area contributed by atoms with Gasteiger partial charge in [-0.15, -0.1) is 16.7 Å². The zero-order chi connectivity index (χ0) is 13.0. The van der Waals surface area contributed by atoms with Crippen LogP contribution in [-0.4, -0.2) is 21.7 Å². The highest BCUT2D eigenvalue weighted by molar-refractivity contribution is 6.20. The van der Waals surface area contributed by atoms with E-state index in [2.05, 4.69) is 15.2 Å². The van der Waals surface area contributed by atoms with Crippen molar-refractivity contribution in [2.45, 2.75) is 25.8 Å². The second-order valence-electron chi connectivity index (χ2n) is 3.91. The molecule has 0 saturated carbocycles. The Morgan fingerprint density at radius 3 is 2.61 bits per heavy atom. The SMILES string of the molecule is CCN(Cc1ccncc1)c1nnc(C(C)Cl)o1. The molecule has 2 aromatic rings. The summed E-state index contributed by atoms with van der Waals surface area (Å²) in [7, 11) is 0. The van der Waals surface area contributed by atoms with Crippen LogP contribution in [0, 0.1) is 0 Å². The Balaban J connectivity index is 2.13. The highest BCUT2D eigenvalue weighted by Crippen LogP contribution is 2.22. The number of rotatable bonds is 5. The molecule has 0 aromatic carbocycles. The van der Waals surface area contributed by atoms with Crippen molar-refractivity contribution in [3.63, 3.8) is 0 Å². The Morgan fingerprint density at radius 2 is 2.06 bits per heavy atom. The van der Waals surface area contributed by atoms with Crippen LogP contribution in [-0.2, 0) is 6.54 Å². The summed E-state index contributed by atoms with van der Waals surface area (Å²) in [6.07, 6.45) is 3.53. The molecule has 0 N–H and O–H groups in total. The third-order valence-electron chi connectivity index (χ3n) is 2.55. The van der Waals surface area contributed by atoms with Crippen molar-refractivity contribution in [3.05, 3.63) is 36.0 Å². The highest BCUT2D eigenvalue weighted by Gasteiger charge is 2.15. The summed E-state index contributed by atoms with van der Waals surface area (Å²) in [6.45, 7) is 5.32. The van der Waals surface area contributed by atoms with Gasteiger partial charge in [-0.05, 0) is 31.5 Å². The molecule has 18 heavy (non-hydrogen) atoms. The number of nitrogens with zero attached hydrogens (tertiary/aromatic N) is 4. The minimum Gasteiger partial charge on any atom is -0.406 e. The van der Waals surface area contributed by atoms with Crippen LogP contribution in [0.2, 0.25) is 0 Å². The monoisotopic (exact) mass is 266 g/mol. The topological polar surface area (TPSA) is 55.1 Å². The molecule has 1 atom stereocenters. The van der Waals surface area contributed by atoms with Crippen LogP contribution in [0.1, 0.15) is 30.7 Å². The second kappa shape index (κ2) is 5.82. The molecule has 2 aromatic heterocycles. The Bertz CT molecular complexity index is 486. The summed E-state index contributed by atoms with van der Waals surface area (Å²) in [5.41, 5.74) is 1.14. The van der Waals surface area contributed by atoms with Crippen molar-refractivity contribution in [1.82, 2.24) is 15.2 Å². The summed E-state index contributed by atoms with van der Waals surface area (Å²) < 4.78 is 5.53. The fraction of sp³-hybridized carbons (Fsp3) is 0.417. The van der Waals surface area contributed by atoms with E-state index in [1.165, 1.54) is 0 Å². The number of halogens is 1. The summed E-state index contributed by atoms with van der Waals surface area (Å²) in [6, 6.07) is 4.42. The molecule has 2 rings (SSSR count). The summed E-state index contributed by atoms with van der Waals surface area (Å²) in [5.74, 6) is 0.444. The van der Waals surface area contributed by atoms with E-state index in [9.17, 15) is 0 Å². The first-order valence-electron chi connectivity index (χ1n) is 5.82. The van der Waals surface area contributed by atoms with Crippen LogP contribution in [0.25, 0.3) is 0 Å². The molecule has 0 amide bonds. The van der Waals surface area contributed by atoms with Gasteiger partial charge in [-0.25, -0.2) is 0 Å². The lowest BCUT2D eigenvalue weighted by atomic mass is 10.2. The molecule has 96 valence electrons. The Morgan fingerprint density at radius 1 is 1.33 bits per heavy atom. The first-order chi connectivity index (χ1) is 8.70. The largest absolute Gasteiger partial charge is 0.406 e. The van der Waals surface area contributed by atoms with E-state index < -0.39 is 0 Å². The fourth-order valence-corrected chi connectivity index (χ4v) is 1.63. The number of hydrogen-bond acceptors (Lipinski definition) is 5. The van der Waals surface area contributed by atoms with Gasteiger partial charge in [0.2, 0.25) is 5.89 Å². The van der Waals surface area contributed by atoms with Gasteiger partial charge < -0.3 is 9.32 Å². The van der Waals surface area contributed by atoms with E-state index in [0.29, 0.717) is 18.5 Å². The quantitative estimate of drug-likeness (QED) is 0.779. The van der Waals surface area contributed by atoms with Gasteiger partial charge in [0, 0.05) is 25.5 Å². The lowest BCUT2D eigenvalue weighted by molar-refractivity contribution is 0.484. The number of pyridine rings is 1. The Labute approximate surface area is 111 Å². The van der Waals surface area contributed by atoms with Gasteiger partial charge in [0.1, 0.15) is 5.38 Å². The van der Waals surface area contributed by atoms with E-state index in [4.69, 9.17) is 16.0 Å². The lowest BCUT2D eigenvalue weighted by Crippen LogP contribution is -2.22. The predicted octanol–water partition coefficient (Wildman–Crippen LogP) is 2.79. The average Bonchev–Trinajstić information content (AvgIpc) is 2.87. The maximum Gasteiger partial charge on any atom is 0.318 e. The Kier molecular flexibility index (Phi) is 4.15. The van der Waals surface area contributed by atoms with Crippen molar-refractivity contribution in [2.75, 3.05) is 11.4 Å². The maximum absolute atomic E-state index is 5.90. The van der Waals surface area contributed by atoms with E-state index in [-0.39, 0.29) is 5.38 Å². The van der Waals surface area contributed by atoms with Crippen molar-refractivity contribution >= 4 is 17.6 Å². The number of hydrogen-bond donors (Lipinski definition) is 0. The zero-order valence-electron chi connectivity index (χ0n) is 10.4. The normalized spacial score (nSPS) is 12.4. The molecule has 2 heterocycles. The number of alkyl halides is 1. The lowest BCUT2D eigenvalue weighted by Gasteiger charge is -2.17. The van der Waals surface area contributed by atoms with Gasteiger partial charge in [0.15, 0.2) is 0 Å². The predicted molar refractivity (Wildman–Crippen MR) is 69.5 cm³/mol. The van der Waals surface area contributed by atoms with Gasteiger partial charge in [-0.1, -0.05) is 5.10 Å². The molecule has 6 heteroatoms. The third kappa shape index (κ3) is 2.98. The zero-order valence-corrected chi connectivity index (χ0v) is 11.1. The maximum atomic E-state index is 5.90. The molecular formula is C12H15ClN4O. The van der Waals surface area contributed by atoms with Gasteiger partial charge in [-0.2, -0.15) is 0 Å². The molecular weight excluding hydrogens is 252 g/mol. The molecule has 0 radical (unpaired) electrons. The molecule has 5 nitrogen and oxygen atoms in total. The first kappa shape index (κ1) is 12.8. The minimum absolute atomic E-state index is 0.272. The highest BCUT2D eigenvalue weighted by atomic mass is 35.5. The van der Waals surface area contributed by atoms with E-state index >= 15 is 0 Å².